The topological polar surface area (TPSA) is 72.4 Å². The standard InChI is InChI=1S/C26H25FN4O/c27-15-16-29-25(32)20-9-12-22-30-23(24(31(22)17-20)19-5-2-1-3-6-19)18-7-10-21(11-8-18)26(28)13-4-14-26/h1-3,5-12,17H,4,13-16,28H2,(H,29,32). The van der Waals surface area contributed by atoms with E-state index in [2.05, 4.69) is 29.6 Å². The Hall–Kier alpha value is -3.51. The van der Waals surface area contributed by atoms with Crippen LogP contribution in [0.5, 0.6) is 0 Å². The van der Waals surface area contributed by atoms with Gasteiger partial charge in [0, 0.05) is 29.4 Å². The Morgan fingerprint density at radius 2 is 1.78 bits per heavy atom. The first-order valence-electron chi connectivity index (χ1n) is 10.9. The van der Waals surface area contributed by atoms with Crippen LogP contribution >= 0.6 is 0 Å². The van der Waals surface area contributed by atoms with Gasteiger partial charge < -0.3 is 11.1 Å². The molecule has 0 aliphatic heterocycles. The van der Waals surface area contributed by atoms with Crippen molar-refractivity contribution in [3.63, 3.8) is 0 Å². The molecule has 2 aromatic carbocycles. The normalized spacial score (nSPS) is 14.8. The van der Waals surface area contributed by atoms with E-state index < -0.39 is 6.67 Å². The van der Waals surface area contributed by atoms with Gasteiger partial charge in [-0.1, -0.05) is 54.6 Å². The van der Waals surface area contributed by atoms with Crippen molar-refractivity contribution < 1.29 is 9.18 Å². The molecule has 0 atom stereocenters. The number of fused-ring (bicyclic) bond motifs is 1. The van der Waals surface area contributed by atoms with E-state index in [1.807, 2.05) is 40.8 Å². The van der Waals surface area contributed by atoms with E-state index in [4.69, 9.17) is 10.7 Å². The number of pyridine rings is 1. The second-order valence-electron chi connectivity index (χ2n) is 8.35. The minimum Gasteiger partial charge on any atom is -0.349 e. The highest BCUT2D eigenvalue weighted by Gasteiger charge is 2.34. The van der Waals surface area contributed by atoms with E-state index in [0.717, 1.165) is 46.6 Å². The minimum absolute atomic E-state index is 0.00737. The molecule has 162 valence electrons. The van der Waals surface area contributed by atoms with Crippen LogP contribution in [-0.4, -0.2) is 28.5 Å². The van der Waals surface area contributed by atoms with Gasteiger partial charge in [-0.05, 0) is 37.0 Å². The zero-order valence-electron chi connectivity index (χ0n) is 17.7. The van der Waals surface area contributed by atoms with Crippen molar-refractivity contribution in [3.8, 4) is 22.5 Å². The summed E-state index contributed by atoms with van der Waals surface area (Å²) >= 11 is 0. The Morgan fingerprint density at radius 1 is 1.03 bits per heavy atom. The van der Waals surface area contributed by atoms with Crippen LogP contribution in [0.3, 0.4) is 0 Å². The average molecular weight is 429 g/mol. The van der Waals surface area contributed by atoms with E-state index in [1.54, 1.807) is 12.3 Å². The molecule has 1 saturated carbocycles. The van der Waals surface area contributed by atoms with Crippen molar-refractivity contribution in [2.24, 2.45) is 5.73 Å². The number of carbonyl (C=O) groups is 1. The highest BCUT2D eigenvalue weighted by atomic mass is 19.1. The van der Waals surface area contributed by atoms with E-state index >= 15 is 0 Å². The molecule has 2 aromatic heterocycles. The quantitative estimate of drug-likeness (QED) is 0.467. The zero-order chi connectivity index (χ0) is 22.1. The summed E-state index contributed by atoms with van der Waals surface area (Å²) in [5.41, 5.74) is 12.4. The van der Waals surface area contributed by atoms with Crippen molar-refractivity contribution in [2.45, 2.75) is 24.8 Å². The van der Waals surface area contributed by atoms with Gasteiger partial charge in [0.15, 0.2) is 0 Å². The number of hydrogen-bond acceptors (Lipinski definition) is 3. The largest absolute Gasteiger partial charge is 0.349 e. The molecule has 0 saturated heterocycles. The van der Waals surface area contributed by atoms with E-state index in [0.29, 0.717) is 5.56 Å². The van der Waals surface area contributed by atoms with Crippen molar-refractivity contribution >= 4 is 11.6 Å². The molecule has 1 fully saturated rings. The second-order valence-corrected chi connectivity index (χ2v) is 8.35. The van der Waals surface area contributed by atoms with Crippen molar-refractivity contribution in [1.82, 2.24) is 14.7 Å². The number of alkyl halides is 1. The van der Waals surface area contributed by atoms with Gasteiger partial charge in [-0.25, -0.2) is 9.37 Å². The van der Waals surface area contributed by atoms with Gasteiger partial charge in [0.25, 0.3) is 5.91 Å². The van der Waals surface area contributed by atoms with Gasteiger partial charge in [-0.2, -0.15) is 0 Å². The summed E-state index contributed by atoms with van der Waals surface area (Å²) in [4.78, 5) is 17.3. The maximum absolute atomic E-state index is 12.5. The fourth-order valence-corrected chi connectivity index (χ4v) is 4.32. The Labute approximate surface area is 186 Å². The number of hydrogen-bond donors (Lipinski definition) is 2. The number of imidazole rings is 1. The van der Waals surface area contributed by atoms with Crippen molar-refractivity contribution in [2.75, 3.05) is 13.2 Å². The fourth-order valence-electron chi connectivity index (χ4n) is 4.32. The molecule has 32 heavy (non-hydrogen) atoms. The minimum atomic E-state index is -0.599. The van der Waals surface area contributed by atoms with Crippen LogP contribution in [0, 0.1) is 0 Å². The first kappa shape index (κ1) is 20.4. The van der Waals surface area contributed by atoms with Crippen molar-refractivity contribution in [1.29, 1.82) is 0 Å². The van der Waals surface area contributed by atoms with E-state index in [-0.39, 0.29) is 18.0 Å². The predicted molar refractivity (Wildman–Crippen MR) is 124 cm³/mol. The Bertz CT molecular complexity index is 1260. The van der Waals surface area contributed by atoms with Crippen LogP contribution in [0.1, 0.15) is 35.2 Å². The van der Waals surface area contributed by atoms with E-state index in [1.165, 1.54) is 6.42 Å². The zero-order valence-corrected chi connectivity index (χ0v) is 17.7. The first-order valence-corrected chi connectivity index (χ1v) is 10.9. The summed E-state index contributed by atoms with van der Waals surface area (Å²) in [5, 5.41) is 2.58. The van der Waals surface area contributed by atoms with Crippen LogP contribution in [0.2, 0.25) is 0 Å². The number of halogens is 1. The molecule has 3 N–H and O–H groups in total. The summed E-state index contributed by atoms with van der Waals surface area (Å²) in [7, 11) is 0. The van der Waals surface area contributed by atoms with Gasteiger partial charge >= 0.3 is 0 Å². The molecule has 4 aromatic rings. The molecule has 6 heteroatoms. The first-order chi connectivity index (χ1) is 15.6. The van der Waals surface area contributed by atoms with E-state index in [9.17, 15) is 9.18 Å². The number of carbonyl (C=O) groups excluding carboxylic acids is 1. The lowest BCUT2D eigenvalue weighted by Crippen LogP contribution is -2.43. The number of benzene rings is 2. The summed E-state index contributed by atoms with van der Waals surface area (Å²) in [6.45, 7) is -0.606. The predicted octanol–water partition coefficient (Wildman–Crippen LogP) is 4.71. The fraction of sp³-hybridized carbons (Fsp3) is 0.231. The molecule has 1 aliphatic carbocycles. The van der Waals surface area contributed by atoms with Crippen LogP contribution in [-0.2, 0) is 5.54 Å². The third-order valence-electron chi connectivity index (χ3n) is 6.29. The Morgan fingerprint density at radius 3 is 2.44 bits per heavy atom. The summed E-state index contributed by atoms with van der Waals surface area (Å²) < 4.78 is 14.4. The highest BCUT2D eigenvalue weighted by Crippen LogP contribution is 2.40. The maximum Gasteiger partial charge on any atom is 0.252 e. The molecule has 0 radical (unpaired) electrons. The molecule has 0 unspecified atom stereocenters. The number of rotatable bonds is 6. The van der Waals surface area contributed by atoms with Crippen LogP contribution in [0.4, 0.5) is 4.39 Å². The van der Waals surface area contributed by atoms with Crippen LogP contribution < -0.4 is 11.1 Å². The van der Waals surface area contributed by atoms with Gasteiger partial charge in [-0.15, -0.1) is 0 Å². The summed E-state index contributed by atoms with van der Waals surface area (Å²) in [6.07, 6.45) is 4.97. The molecular formula is C26H25FN4O. The van der Waals surface area contributed by atoms with Gasteiger partial charge in [0.05, 0.1) is 17.0 Å². The lowest BCUT2D eigenvalue weighted by molar-refractivity contribution is 0.0950. The molecule has 1 amide bonds. The van der Waals surface area contributed by atoms with Crippen molar-refractivity contribution in [3.05, 3.63) is 84.1 Å². The second kappa shape index (κ2) is 8.20. The maximum atomic E-state index is 12.5. The SMILES string of the molecule is NC1(c2ccc(-c3nc4ccc(C(=O)NCCF)cn4c3-c3ccccc3)cc2)CCC1. The monoisotopic (exact) mass is 428 g/mol. The number of nitrogens with two attached hydrogens (primary N) is 1. The Kier molecular flexibility index (Phi) is 5.23. The van der Waals surface area contributed by atoms with Gasteiger partial charge in [0.2, 0.25) is 0 Å². The van der Waals surface area contributed by atoms with Crippen LogP contribution in [0.25, 0.3) is 28.2 Å². The highest BCUT2D eigenvalue weighted by molar-refractivity contribution is 5.94. The van der Waals surface area contributed by atoms with Gasteiger partial charge in [0.1, 0.15) is 12.3 Å². The number of amides is 1. The Balaban J connectivity index is 1.63. The molecule has 2 heterocycles. The molecular weight excluding hydrogens is 403 g/mol. The average Bonchev–Trinajstić information content (AvgIpc) is 3.20. The van der Waals surface area contributed by atoms with Gasteiger partial charge in [-0.3, -0.25) is 9.20 Å². The molecule has 0 spiro atoms. The molecule has 1 aliphatic rings. The molecule has 5 rings (SSSR count). The van der Waals surface area contributed by atoms with Crippen LogP contribution in [0.15, 0.2) is 72.9 Å². The lowest BCUT2D eigenvalue weighted by Gasteiger charge is -2.38. The molecule has 5 nitrogen and oxygen atoms in total. The number of aromatic nitrogens is 2. The lowest BCUT2D eigenvalue weighted by atomic mass is 9.72. The smallest absolute Gasteiger partial charge is 0.252 e. The third-order valence-corrected chi connectivity index (χ3v) is 6.29. The summed E-state index contributed by atoms with van der Waals surface area (Å²) in [5.74, 6) is -0.308. The third kappa shape index (κ3) is 3.56. The number of nitrogens with one attached hydrogen (secondary N) is 1. The number of nitrogens with zero attached hydrogens (tertiary/aromatic N) is 2. The summed E-state index contributed by atoms with van der Waals surface area (Å²) in [6, 6.07) is 21.9. The molecule has 0 bridgehead atoms.